The maximum atomic E-state index is 13.9. The molecule has 0 N–H and O–H groups in total. The van der Waals surface area contributed by atoms with Crippen molar-refractivity contribution in [2.45, 2.75) is 89.4 Å². The van der Waals surface area contributed by atoms with E-state index < -0.39 is 5.67 Å². The van der Waals surface area contributed by atoms with Gasteiger partial charge in [-0.25, -0.2) is 4.39 Å². The molecular weight excluding hydrogens is 198 g/mol. The van der Waals surface area contributed by atoms with E-state index in [0.717, 1.165) is 31.5 Å². The van der Waals surface area contributed by atoms with Crippen molar-refractivity contribution < 1.29 is 4.39 Å². The van der Waals surface area contributed by atoms with Gasteiger partial charge in [0.1, 0.15) is 12.9 Å². The van der Waals surface area contributed by atoms with Crippen LogP contribution >= 0.6 is 0 Å². The molecule has 94 valence electrons. The third-order valence-corrected chi connectivity index (χ3v) is 4.26. The fourth-order valence-electron chi connectivity index (χ4n) is 3.28. The van der Waals surface area contributed by atoms with Gasteiger partial charge in [0.25, 0.3) is 0 Å². The molecule has 0 unspecified atom stereocenters. The molecular formula is C14H28BF. The third-order valence-electron chi connectivity index (χ3n) is 4.26. The first kappa shape index (κ1) is 14.1. The molecule has 0 radical (unpaired) electrons. The van der Waals surface area contributed by atoms with E-state index >= 15 is 0 Å². The smallest absolute Gasteiger partial charge is 0.130 e. The van der Waals surface area contributed by atoms with Gasteiger partial charge in [-0.15, -0.1) is 0 Å². The van der Waals surface area contributed by atoms with Gasteiger partial charge in [0.15, 0.2) is 0 Å². The van der Waals surface area contributed by atoms with Gasteiger partial charge in [-0.05, 0) is 19.8 Å². The Morgan fingerprint density at radius 2 is 1.75 bits per heavy atom. The average molecular weight is 226 g/mol. The summed E-state index contributed by atoms with van der Waals surface area (Å²) in [5.74, 6) is 0.751. The Balaban J connectivity index is 2.58. The van der Waals surface area contributed by atoms with E-state index in [0.29, 0.717) is 5.31 Å². The highest BCUT2D eigenvalue weighted by Gasteiger charge is 2.40. The van der Waals surface area contributed by atoms with E-state index in [4.69, 9.17) is 0 Å². The van der Waals surface area contributed by atoms with Crippen LogP contribution in [-0.2, 0) is 0 Å². The van der Waals surface area contributed by atoms with Crippen molar-refractivity contribution >= 4 is 7.28 Å². The van der Waals surface area contributed by atoms with Crippen molar-refractivity contribution in [2.75, 3.05) is 0 Å². The van der Waals surface area contributed by atoms with Crippen LogP contribution in [0, 0.1) is 0 Å². The first-order chi connectivity index (χ1) is 7.39. The van der Waals surface area contributed by atoms with Crippen LogP contribution in [0.3, 0.4) is 0 Å². The summed E-state index contributed by atoms with van der Waals surface area (Å²) in [6.45, 7) is 8.64. The van der Waals surface area contributed by atoms with Crippen molar-refractivity contribution in [3.05, 3.63) is 0 Å². The molecule has 0 heterocycles. The predicted octanol–water partition coefficient (Wildman–Crippen LogP) is 4.90. The fourth-order valence-corrected chi connectivity index (χ4v) is 3.28. The van der Waals surface area contributed by atoms with E-state index in [-0.39, 0.29) is 0 Å². The Morgan fingerprint density at radius 3 is 2.19 bits per heavy atom. The first-order valence-corrected chi connectivity index (χ1v) is 7.08. The highest BCUT2D eigenvalue weighted by molar-refractivity contribution is 6.41. The molecule has 1 rings (SSSR count). The molecule has 0 aromatic rings. The highest BCUT2D eigenvalue weighted by atomic mass is 19.1. The third kappa shape index (κ3) is 4.10. The molecule has 0 aromatic carbocycles. The Labute approximate surface area is 102 Å². The summed E-state index contributed by atoms with van der Waals surface area (Å²) < 4.78 is 13.9. The van der Waals surface area contributed by atoms with Crippen molar-refractivity contribution in [2.24, 2.45) is 0 Å². The Kier molecular flexibility index (Phi) is 4.88. The SMILES string of the molecule is CCCCC1(BC(C)C)CCC(C)(F)CC1. The second-order valence-electron chi connectivity index (χ2n) is 6.61. The zero-order valence-corrected chi connectivity index (χ0v) is 11.6. The standard InChI is InChI=1S/C14H28BF/c1-5-6-7-14(15-12(2)3)10-8-13(4,16)9-11-14/h12,15H,5-11H2,1-4H3. The maximum Gasteiger partial charge on any atom is 0.130 e. The second-order valence-corrected chi connectivity index (χ2v) is 6.61. The van der Waals surface area contributed by atoms with Gasteiger partial charge in [-0.1, -0.05) is 64.0 Å². The molecule has 0 aromatic heterocycles. The number of hydrogen-bond acceptors (Lipinski definition) is 0. The lowest BCUT2D eigenvalue weighted by molar-refractivity contribution is 0.104. The van der Waals surface area contributed by atoms with Crippen molar-refractivity contribution in [1.82, 2.24) is 0 Å². The van der Waals surface area contributed by atoms with Crippen LogP contribution in [0.2, 0.25) is 11.1 Å². The summed E-state index contributed by atoms with van der Waals surface area (Å²) in [5, 5.41) is 0.468. The summed E-state index contributed by atoms with van der Waals surface area (Å²) in [4.78, 5) is 0. The van der Waals surface area contributed by atoms with Gasteiger partial charge >= 0.3 is 0 Å². The average Bonchev–Trinajstić information content (AvgIpc) is 2.19. The monoisotopic (exact) mass is 226 g/mol. The Morgan fingerprint density at radius 1 is 1.19 bits per heavy atom. The van der Waals surface area contributed by atoms with Gasteiger partial charge in [-0.2, -0.15) is 0 Å². The van der Waals surface area contributed by atoms with E-state index in [1.165, 1.54) is 26.5 Å². The zero-order valence-electron chi connectivity index (χ0n) is 11.6. The Hall–Kier alpha value is -0.00506. The van der Waals surface area contributed by atoms with Crippen molar-refractivity contribution in [3.8, 4) is 0 Å². The minimum absolute atomic E-state index is 0.468. The van der Waals surface area contributed by atoms with Gasteiger partial charge in [0, 0.05) is 0 Å². The van der Waals surface area contributed by atoms with Crippen LogP contribution in [0.15, 0.2) is 0 Å². The van der Waals surface area contributed by atoms with Crippen LogP contribution in [0.5, 0.6) is 0 Å². The molecule has 1 fully saturated rings. The van der Waals surface area contributed by atoms with Crippen LogP contribution in [0.4, 0.5) is 4.39 Å². The van der Waals surface area contributed by atoms with Gasteiger partial charge < -0.3 is 0 Å². The molecule has 1 aliphatic carbocycles. The summed E-state index contributed by atoms with van der Waals surface area (Å²) in [6, 6.07) is 0. The van der Waals surface area contributed by atoms with Crippen LogP contribution in [0.25, 0.3) is 0 Å². The van der Waals surface area contributed by atoms with Crippen molar-refractivity contribution in [1.29, 1.82) is 0 Å². The Bertz CT molecular complexity index is 201. The molecule has 0 spiro atoms. The van der Waals surface area contributed by atoms with Gasteiger partial charge in [0.05, 0.1) is 0 Å². The summed E-state index contributed by atoms with van der Waals surface area (Å²) in [7, 11) is 1.29. The maximum absolute atomic E-state index is 13.9. The lowest BCUT2D eigenvalue weighted by Gasteiger charge is -2.42. The molecule has 0 bridgehead atoms. The minimum Gasteiger partial charge on any atom is -0.244 e. The van der Waals surface area contributed by atoms with Crippen LogP contribution in [0.1, 0.15) is 72.6 Å². The number of hydrogen-bond donors (Lipinski definition) is 0. The topological polar surface area (TPSA) is 0 Å². The molecule has 16 heavy (non-hydrogen) atoms. The second kappa shape index (κ2) is 5.55. The summed E-state index contributed by atoms with van der Waals surface area (Å²) in [5.41, 5.74) is -0.882. The molecule has 0 aliphatic heterocycles. The van der Waals surface area contributed by atoms with Crippen LogP contribution in [-0.4, -0.2) is 12.9 Å². The minimum atomic E-state index is -0.882. The fraction of sp³-hybridized carbons (Fsp3) is 1.00. The number of unbranched alkanes of at least 4 members (excludes halogenated alkanes) is 1. The van der Waals surface area contributed by atoms with E-state index in [1.54, 1.807) is 6.92 Å². The molecule has 0 atom stereocenters. The highest BCUT2D eigenvalue weighted by Crippen LogP contribution is 2.51. The van der Waals surface area contributed by atoms with Crippen LogP contribution < -0.4 is 0 Å². The van der Waals surface area contributed by atoms with E-state index in [9.17, 15) is 4.39 Å². The quantitative estimate of drug-likeness (QED) is 0.584. The van der Waals surface area contributed by atoms with Gasteiger partial charge in [-0.3, -0.25) is 0 Å². The van der Waals surface area contributed by atoms with E-state index in [1.807, 2.05) is 0 Å². The number of alkyl halides is 1. The lowest BCUT2D eigenvalue weighted by Crippen LogP contribution is -2.34. The molecule has 2 heteroatoms. The number of rotatable bonds is 5. The van der Waals surface area contributed by atoms with Crippen molar-refractivity contribution in [3.63, 3.8) is 0 Å². The first-order valence-electron chi connectivity index (χ1n) is 7.08. The lowest BCUT2D eigenvalue weighted by atomic mass is 9.40. The molecule has 1 aliphatic rings. The zero-order chi connectivity index (χ0) is 12.2. The molecule has 0 nitrogen and oxygen atoms in total. The number of halogens is 1. The molecule has 1 saturated carbocycles. The summed E-state index contributed by atoms with van der Waals surface area (Å²) >= 11 is 0. The van der Waals surface area contributed by atoms with E-state index in [2.05, 4.69) is 20.8 Å². The van der Waals surface area contributed by atoms with Gasteiger partial charge in [0.2, 0.25) is 0 Å². The normalized spacial score (nSPS) is 35.4. The predicted molar refractivity (Wildman–Crippen MR) is 72.4 cm³/mol. The molecule has 0 saturated heterocycles. The summed E-state index contributed by atoms with van der Waals surface area (Å²) in [6.07, 6.45) is 7.68. The molecule has 0 amide bonds. The largest absolute Gasteiger partial charge is 0.244 e.